The maximum Gasteiger partial charge on any atom is 0.234 e. The molecule has 2 aromatic rings. The molecule has 1 atom stereocenters. The molecule has 0 spiro atoms. The number of hydrogen-bond acceptors (Lipinski definition) is 3. The third-order valence-corrected chi connectivity index (χ3v) is 3.79. The van der Waals surface area contributed by atoms with Crippen LogP contribution in [-0.2, 0) is 9.59 Å². The third kappa shape index (κ3) is 2.13. The van der Waals surface area contributed by atoms with E-state index < -0.39 is 11.7 Å². The number of carbonyl (C=O) groups excluding carboxylic acids is 2. The summed E-state index contributed by atoms with van der Waals surface area (Å²) < 4.78 is 19.5. The zero-order valence-corrected chi connectivity index (χ0v) is 11.9. The van der Waals surface area contributed by atoms with Crippen molar-refractivity contribution in [2.24, 2.45) is 0 Å². The molecule has 2 heterocycles. The molecule has 1 fully saturated rings. The Balaban J connectivity index is 2.12. The molecule has 98 valence electrons. The van der Waals surface area contributed by atoms with Gasteiger partial charge < -0.3 is 4.42 Å². The van der Waals surface area contributed by atoms with Crippen LogP contribution in [0.2, 0.25) is 0 Å². The number of nitrogens with one attached hydrogen (secondary N) is 1. The van der Waals surface area contributed by atoms with Crippen molar-refractivity contribution < 1.29 is 18.4 Å². The van der Waals surface area contributed by atoms with Gasteiger partial charge in [-0.05, 0) is 46.7 Å². The fourth-order valence-electron chi connectivity index (χ4n) is 2.38. The predicted molar refractivity (Wildman–Crippen MR) is 74.0 cm³/mol. The van der Waals surface area contributed by atoms with Crippen molar-refractivity contribution >= 4 is 45.4 Å². The first-order valence-electron chi connectivity index (χ1n) is 5.77. The number of benzene rings is 1. The van der Waals surface area contributed by atoms with Crippen molar-refractivity contribution in [2.75, 3.05) is 0 Å². The van der Waals surface area contributed by atoms with Crippen molar-refractivity contribution in [3.63, 3.8) is 0 Å². The molecule has 0 radical (unpaired) electrons. The molecule has 1 aliphatic rings. The molecule has 0 bridgehead atoms. The molecule has 4 nitrogen and oxygen atoms in total. The second kappa shape index (κ2) is 4.59. The van der Waals surface area contributed by atoms with Crippen LogP contribution in [0, 0.1) is 9.58 Å². The minimum atomic E-state index is -0.450. The van der Waals surface area contributed by atoms with Gasteiger partial charge in [-0.2, -0.15) is 0 Å². The van der Waals surface area contributed by atoms with Gasteiger partial charge in [-0.1, -0.05) is 6.07 Å². The molecule has 1 aliphatic heterocycles. The monoisotopic (exact) mass is 373 g/mol. The lowest BCUT2D eigenvalue weighted by Crippen LogP contribution is -2.39. The SMILES string of the molecule is O=C1CCC(c2ccc(F)c3oc(I)cc23)C(=O)N1. The first kappa shape index (κ1) is 12.6. The summed E-state index contributed by atoms with van der Waals surface area (Å²) in [6.45, 7) is 0. The topological polar surface area (TPSA) is 59.3 Å². The Hall–Kier alpha value is -1.44. The molecule has 1 unspecified atom stereocenters. The number of amides is 2. The van der Waals surface area contributed by atoms with E-state index in [2.05, 4.69) is 5.32 Å². The van der Waals surface area contributed by atoms with Crippen LogP contribution >= 0.6 is 22.6 Å². The van der Waals surface area contributed by atoms with Crippen LogP contribution in [0.5, 0.6) is 0 Å². The molecule has 2 amide bonds. The molecule has 3 rings (SSSR count). The summed E-state index contributed by atoms with van der Waals surface area (Å²) >= 11 is 1.96. The van der Waals surface area contributed by atoms with Gasteiger partial charge in [0.1, 0.15) is 0 Å². The van der Waals surface area contributed by atoms with Gasteiger partial charge in [0.25, 0.3) is 0 Å². The van der Waals surface area contributed by atoms with Gasteiger partial charge in [-0.15, -0.1) is 0 Å². The van der Waals surface area contributed by atoms with E-state index in [-0.39, 0.29) is 17.4 Å². The second-order valence-corrected chi connectivity index (χ2v) is 5.50. The van der Waals surface area contributed by atoms with E-state index in [1.807, 2.05) is 22.6 Å². The van der Waals surface area contributed by atoms with Gasteiger partial charge in [0.15, 0.2) is 15.2 Å². The highest BCUT2D eigenvalue weighted by Gasteiger charge is 2.30. The highest BCUT2D eigenvalue weighted by molar-refractivity contribution is 14.1. The molecular formula is C13H9FINO3. The maximum atomic E-state index is 13.7. The number of hydrogen-bond donors (Lipinski definition) is 1. The average Bonchev–Trinajstić information content (AvgIpc) is 2.73. The third-order valence-electron chi connectivity index (χ3n) is 3.25. The van der Waals surface area contributed by atoms with Crippen molar-refractivity contribution in [3.05, 3.63) is 33.3 Å². The normalized spacial score (nSPS) is 19.8. The number of furan rings is 1. The zero-order chi connectivity index (χ0) is 13.6. The lowest BCUT2D eigenvalue weighted by atomic mass is 9.88. The molecule has 1 aromatic heterocycles. The lowest BCUT2D eigenvalue weighted by Gasteiger charge is -2.21. The fourth-order valence-corrected chi connectivity index (χ4v) is 2.91. The standard InChI is InChI=1S/C13H9FINO3/c14-9-3-1-6(8-5-10(15)19-12(8)9)7-2-4-11(17)16-13(7)18/h1,3,5,7H,2,4H2,(H,16,17,18). The van der Waals surface area contributed by atoms with E-state index in [9.17, 15) is 14.0 Å². The molecule has 1 saturated heterocycles. The number of halogens is 2. The van der Waals surface area contributed by atoms with E-state index in [0.29, 0.717) is 27.6 Å². The fraction of sp³-hybridized carbons (Fsp3) is 0.231. The maximum absolute atomic E-state index is 13.7. The van der Waals surface area contributed by atoms with Crippen LogP contribution in [-0.4, -0.2) is 11.8 Å². The van der Waals surface area contributed by atoms with Crippen LogP contribution in [0.4, 0.5) is 4.39 Å². The van der Waals surface area contributed by atoms with Gasteiger partial charge in [0.05, 0.1) is 5.92 Å². The van der Waals surface area contributed by atoms with Crippen LogP contribution < -0.4 is 5.32 Å². The van der Waals surface area contributed by atoms with E-state index in [4.69, 9.17) is 4.42 Å². The molecule has 19 heavy (non-hydrogen) atoms. The molecular weight excluding hydrogens is 364 g/mol. The summed E-state index contributed by atoms with van der Waals surface area (Å²) in [7, 11) is 0. The highest BCUT2D eigenvalue weighted by atomic mass is 127. The van der Waals surface area contributed by atoms with E-state index >= 15 is 0 Å². The minimum Gasteiger partial charge on any atom is -0.447 e. The minimum absolute atomic E-state index is 0.159. The zero-order valence-electron chi connectivity index (χ0n) is 9.70. The molecule has 1 N–H and O–H groups in total. The average molecular weight is 373 g/mol. The van der Waals surface area contributed by atoms with Crippen LogP contribution in [0.1, 0.15) is 24.3 Å². The summed E-state index contributed by atoms with van der Waals surface area (Å²) in [4.78, 5) is 23.0. The van der Waals surface area contributed by atoms with E-state index in [0.717, 1.165) is 0 Å². The lowest BCUT2D eigenvalue weighted by molar-refractivity contribution is -0.134. The molecule has 0 saturated carbocycles. The first-order chi connectivity index (χ1) is 9.06. The predicted octanol–water partition coefficient (Wildman–Crippen LogP) is 2.70. The first-order valence-corrected chi connectivity index (χ1v) is 6.85. The number of imide groups is 1. The summed E-state index contributed by atoms with van der Waals surface area (Å²) in [6, 6.07) is 4.59. The summed E-state index contributed by atoms with van der Waals surface area (Å²) in [6.07, 6.45) is 0.734. The largest absolute Gasteiger partial charge is 0.447 e. The summed E-state index contributed by atoms with van der Waals surface area (Å²) in [5.74, 6) is -1.48. The van der Waals surface area contributed by atoms with Gasteiger partial charge in [0.2, 0.25) is 11.8 Å². The van der Waals surface area contributed by atoms with E-state index in [1.165, 1.54) is 6.07 Å². The Bertz CT molecular complexity index is 694. The summed E-state index contributed by atoms with van der Waals surface area (Å²) in [5.41, 5.74) is 0.861. The Morgan fingerprint density at radius 3 is 2.89 bits per heavy atom. The van der Waals surface area contributed by atoms with Crippen LogP contribution in [0.15, 0.2) is 22.6 Å². The van der Waals surface area contributed by atoms with Crippen molar-refractivity contribution in [3.8, 4) is 0 Å². The number of piperidine rings is 1. The van der Waals surface area contributed by atoms with Gasteiger partial charge in [-0.3, -0.25) is 14.9 Å². The van der Waals surface area contributed by atoms with E-state index in [1.54, 1.807) is 12.1 Å². The molecule has 1 aromatic carbocycles. The van der Waals surface area contributed by atoms with Gasteiger partial charge in [0, 0.05) is 11.8 Å². The Labute approximate surface area is 121 Å². The Morgan fingerprint density at radius 2 is 2.16 bits per heavy atom. The van der Waals surface area contributed by atoms with Gasteiger partial charge in [-0.25, -0.2) is 4.39 Å². The van der Waals surface area contributed by atoms with Crippen LogP contribution in [0.25, 0.3) is 11.0 Å². The number of rotatable bonds is 1. The molecule has 0 aliphatic carbocycles. The van der Waals surface area contributed by atoms with Crippen LogP contribution in [0.3, 0.4) is 0 Å². The summed E-state index contributed by atoms with van der Waals surface area (Å²) in [5, 5.41) is 2.91. The smallest absolute Gasteiger partial charge is 0.234 e. The Kier molecular flexibility index (Phi) is 3.04. The Morgan fingerprint density at radius 1 is 1.37 bits per heavy atom. The van der Waals surface area contributed by atoms with Crippen molar-refractivity contribution in [2.45, 2.75) is 18.8 Å². The van der Waals surface area contributed by atoms with Crippen molar-refractivity contribution in [1.29, 1.82) is 0 Å². The van der Waals surface area contributed by atoms with Gasteiger partial charge >= 0.3 is 0 Å². The number of fused-ring (bicyclic) bond motifs is 1. The molecule has 6 heteroatoms. The quantitative estimate of drug-likeness (QED) is 0.618. The number of carbonyl (C=O) groups is 2. The highest BCUT2D eigenvalue weighted by Crippen LogP contribution is 2.34. The second-order valence-electron chi connectivity index (χ2n) is 4.43. The van der Waals surface area contributed by atoms with Crippen molar-refractivity contribution in [1.82, 2.24) is 5.32 Å².